The van der Waals surface area contributed by atoms with Crippen LogP contribution in [0.15, 0.2) is 0 Å². The standard InChI is InChI=1S/C6H10O7.2Na.H2O4S.2H/c7-1-2(8)4(5(10)11)13-6(12)3(1)9;;;1-5(2,3)4;;/h1-4,6-9,12H,(H,10,11);;;(H2,1,2,3,4);;/t1-,2-,3+,4+,6+;;;;;/m0...../s1. The van der Waals surface area contributed by atoms with Crippen LogP contribution in [-0.2, 0) is 19.9 Å². The van der Waals surface area contributed by atoms with Crippen LogP contribution in [0.5, 0.6) is 0 Å². The Balaban J connectivity index is -0.000000361. The Bertz CT molecular complexity index is 378. The molecule has 1 rings (SSSR count). The van der Waals surface area contributed by atoms with Crippen molar-refractivity contribution >= 4 is 75.5 Å². The maximum absolute atomic E-state index is 10.4. The molecule has 20 heavy (non-hydrogen) atoms. The van der Waals surface area contributed by atoms with E-state index in [1.807, 2.05) is 0 Å². The van der Waals surface area contributed by atoms with Crippen LogP contribution >= 0.6 is 0 Å². The molecule has 0 aromatic heterocycles. The molecule has 0 unspecified atom stereocenters. The van der Waals surface area contributed by atoms with Gasteiger partial charge in [-0.05, 0) is 0 Å². The SMILES string of the molecule is O=C(O)[C@@H]1O[C@@H](O)[C@H](O)[C@@H](O)[C@@H]1O.O=S(=O)(O)O.[NaH].[NaH]. The number of carboxylic acid groups (broad SMARTS) is 1. The third kappa shape index (κ3) is 9.97. The van der Waals surface area contributed by atoms with Gasteiger partial charge in [-0.25, -0.2) is 4.79 Å². The Hall–Kier alpha value is 1.14. The van der Waals surface area contributed by atoms with Gasteiger partial charge in [-0.2, -0.15) is 8.42 Å². The normalized spacial score (nSPS) is 32.8. The fourth-order valence-electron chi connectivity index (χ4n) is 1.07. The van der Waals surface area contributed by atoms with Gasteiger partial charge in [0.05, 0.1) is 0 Å². The van der Waals surface area contributed by atoms with E-state index in [2.05, 4.69) is 4.74 Å². The van der Waals surface area contributed by atoms with Crippen molar-refractivity contribution in [1.29, 1.82) is 0 Å². The van der Waals surface area contributed by atoms with Crippen LogP contribution in [0, 0.1) is 0 Å². The minimum atomic E-state index is -4.67. The molecule has 7 N–H and O–H groups in total. The summed E-state index contributed by atoms with van der Waals surface area (Å²) in [5, 5.41) is 44.4. The number of aliphatic hydroxyl groups is 4. The Kier molecular flexibility index (Phi) is 14.1. The van der Waals surface area contributed by atoms with Crippen molar-refractivity contribution in [2.45, 2.75) is 30.7 Å². The molecular formula is C6H14Na2O11S. The molecule has 0 aromatic rings. The second-order valence-corrected chi connectivity index (χ2v) is 4.10. The number of aliphatic hydroxyl groups excluding tert-OH is 4. The van der Waals surface area contributed by atoms with E-state index in [1.54, 1.807) is 0 Å². The van der Waals surface area contributed by atoms with Gasteiger partial charge in [0, 0.05) is 0 Å². The topological polar surface area (TPSA) is 202 Å². The maximum atomic E-state index is 10.4. The van der Waals surface area contributed by atoms with Gasteiger partial charge in [0.1, 0.15) is 18.3 Å². The second-order valence-electron chi connectivity index (χ2n) is 3.21. The van der Waals surface area contributed by atoms with Crippen molar-refractivity contribution in [1.82, 2.24) is 0 Å². The van der Waals surface area contributed by atoms with E-state index in [0.29, 0.717) is 0 Å². The summed E-state index contributed by atoms with van der Waals surface area (Å²) < 4.78 is 35.9. The van der Waals surface area contributed by atoms with Crippen LogP contribution in [0.25, 0.3) is 0 Å². The van der Waals surface area contributed by atoms with Gasteiger partial charge < -0.3 is 30.3 Å². The molecule has 1 aliphatic rings. The van der Waals surface area contributed by atoms with E-state index < -0.39 is 47.1 Å². The fraction of sp³-hybridized carbons (Fsp3) is 0.833. The summed E-state index contributed by atoms with van der Waals surface area (Å²) in [5.74, 6) is -1.52. The predicted molar refractivity (Wildman–Crippen MR) is 65.0 cm³/mol. The van der Waals surface area contributed by atoms with Crippen LogP contribution in [0.2, 0.25) is 0 Å². The number of hydrogen-bond acceptors (Lipinski definition) is 8. The van der Waals surface area contributed by atoms with Crippen molar-refractivity contribution in [2.75, 3.05) is 0 Å². The van der Waals surface area contributed by atoms with Gasteiger partial charge in [0.2, 0.25) is 0 Å². The van der Waals surface area contributed by atoms with Crippen molar-refractivity contribution in [3.05, 3.63) is 0 Å². The monoisotopic (exact) mass is 340 g/mol. The van der Waals surface area contributed by atoms with Gasteiger partial charge in [0.15, 0.2) is 12.4 Å². The van der Waals surface area contributed by atoms with E-state index in [1.165, 1.54) is 0 Å². The second kappa shape index (κ2) is 10.8. The molecule has 0 saturated carbocycles. The zero-order valence-electron chi connectivity index (χ0n) is 8.56. The molecule has 0 radical (unpaired) electrons. The molecule has 5 atom stereocenters. The van der Waals surface area contributed by atoms with Crippen molar-refractivity contribution < 1.29 is 52.6 Å². The molecule has 14 heteroatoms. The number of rotatable bonds is 1. The average molecular weight is 340 g/mol. The predicted octanol–water partition coefficient (Wildman–Crippen LogP) is -5.08. The molecule has 0 aromatic carbocycles. The Morgan fingerprint density at radius 1 is 0.900 bits per heavy atom. The van der Waals surface area contributed by atoms with Crippen LogP contribution in [-0.4, -0.2) is 139 Å². The Morgan fingerprint density at radius 3 is 1.55 bits per heavy atom. The van der Waals surface area contributed by atoms with Gasteiger partial charge in [-0.1, -0.05) is 0 Å². The number of carbonyl (C=O) groups is 1. The van der Waals surface area contributed by atoms with Crippen molar-refractivity contribution in [2.24, 2.45) is 0 Å². The summed E-state index contributed by atoms with van der Waals surface area (Å²) in [6, 6.07) is 0. The Labute approximate surface area is 157 Å². The summed E-state index contributed by atoms with van der Waals surface area (Å²) in [5.41, 5.74) is 0. The summed E-state index contributed by atoms with van der Waals surface area (Å²) in [6.45, 7) is 0. The third-order valence-corrected chi connectivity index (χ3v) is 1.83. The van der Waals surface area contributed by atoms with Gasteiger partial charge in [-0.15, -0.1) is 0 Å². The molecule has 1 saturated heterocycles. The van der Waals surface area contributed by atoms with Crippen LogP contribution < -0.4 is 0 Å². The first-order valence-corrected chi connectivity index (χ1v) is 5.65. The third-order valence-electron chi connectivity index (χ3n) is 1.83. The van der Waals surface area contributed by atoms with Gasteiger partial charge >= 0.3 is 75.5 Å². The van der Waals surface area contributed by atoms with E-state index in [0.717, 1.165) is 0 Å². The molecule has 0 amide bonds. The van der Waals surface area contributed by atoms with E-state index >= 15 is 0 Å². The van der Waals surface area contributed by atoms with E-state index in [-0.39, 0.29) is 59.1 Å². The van der Waals surface area contributed by atoms with Gasteiger partial charge in [0.25, 0.3) is 0 Å². The fourth-order valence-corrected chi connectivity index (χ4v) is 1.07. The molecule has 11 nitrogen and oxygen atoms in total. The summed E-state index contributed by atoms with van der Waals surface area (Å²) in [4.78, 5) is 10.4. The first-order valence-electron chi connectivity index (χ1n) is 4.25. The number of aliphatic carboxylic acids is 1. The first kappa shape index (κ1) is 26.1. The molecule has 0 bridgehead atoms. The quantitative estimate of drug-likeness (QED) is 0.178. The molecule has 1 aliphatic heterocycles. The molecular weight excluding hydrogens is 326 g/mol. The van der Waals surface area contributed by atoms with Crippen LogP contribution in [0.1, 0.15) is 0 Å². The molecule has 1 fully saturated rings. The Morgan fingerprint density at radius 2 is 1.25 bits per heavy atom. The zero-order chi connectivity index (χ0) is 14.7. The number of hydrogen-bond donors (Lipinski definition) is 7. The van der Waals surface area contributed by atoms with E-state index in [9.17, 15) is 4.79 Å². The van der Waals surface area contributed by atoms with Crippen molar-refractivity contribution in [3.8, 4) is 0 Å². The molecule has 0 spiro atoms. The van der Waals surface area contributed by atoms with Crippen LogP contribution in [0.4, 0.5) is 0 Å². The van der Waals surface area contributed by atoms with Crippen molar-refractivity contribution in [3.63, 3.8) is 0 Å². The van der Waals surface area contributed by atoms with Crippen LogP contribution in [0.3, 0.4) is 0 Å². The zero-order valence-corrected chi connectivity index (χ0v) is 9.37. The summed E-state index contributed by atoms with van der Waals surface area (Å²) in [7, 11) is -4.67. The van der Waals surface area contributed by atoms with Gasteiger partial charge in [-0.3, -0.25) is 9.11 Å². The number of carboxylic acids is 1. The first-order chi connectivity index (χ1) is 7.95. The summed E-state index contributed by atoms with van der Waals surface area (Å²) >= 11 is 0. The van der Waals surface area contributed by atoms with E-state index in [4.69, 9.17) is 43.1 Å². The average Bonchev–Trinajstić information content (AvgIpc) is 2.17. The molecule has 112 valence electrons. The molecule has 1 heterocycles. The summed E-state index contributed by atoms with van der Waals surface area (Å²) in [6.07, 6.45) is -8.72. The minimum absolute atomic E-state index is 0. The number of ether oxygens (including phenoxy) is 1. The molecule has 0 aliphatic carbocycles.